The lowest BCUT2D eigenvalue weighted by Gasteiger charge is -2.27. The van der Waals surface area contributed by atoms with Gasteiger partial charge < -0.3 is 15.2 Å². The summed E-state index contributed by atoms with van der Waals surface area (Å²) in [5.41, 5.74) is 6.75. The number of methoxy groups -OCH3 is 2. The van der Waals surface area contributed by atoms with Crippen LogP contribution >= 0.6 is 0 Å². The molecule has 0 fully saturated rings. The number of imide groups is 1. The summed E-state index contributed by atoms with van der Waals surface area (Å²) >= 11 is 0. The number of rotatable bonds is 7. The molecule has 26 heavy (non-hydrogen) atoms. The van der Waals surface area contributed by atoms with E-state index in [0.717, 1.165) is 11.1 Å². The number of hydrogen-bond donors (Lipinski definition) is 2. The van der Waals surface area contributed by atoms with Crippen molar-refractivity contribution in [2.24, 2.45) is 5.73 Å². The zero-order chi connectivity index (χ0) is 19.1. The van der Waals surface area contributed by atoms with Crippen LogP contribution in [-0.4, -0.2) is 38.1 Å². The Bertz CT molecular complexity index is 765. The molecule has 0 aliphatic carbocycles. The number of carbonyl (C=O) groups excluding carboxylic acids is 2. The summed E-state index contributed by atoms with van der Waals surface area (Å²) in [5.74, 6) is 0.844. The topological polar surface area (TPSA) is 93.9 Å². The highest BCUT2D eigenvalue weighted by atomic mass is 16.5. The van der Waals surface area contributed by atoms with E-state index in [-0.39, 0.29) is 0 Å². The number of nitrogens with two attached hydrogens (primary N) is 1. The van der Waals surface area contributed by atoms with E-state index in [0.29, 0.717) is 18.0 Å². The van der Waals surface area contributed by atoms with Crippen LogP contribution < -0.4 is 20.5 Å². The van der Waals surface area contributed by atoms with Gasteiger partial charge in [-0.05, 0) is 18.7 Å². The van der Waals surface area contributed by atoms with Crippen LogP contribution in [0.4, 0.5) is 4.79 Å². The second-order valence-electron chi connectivity index (χ2n) is 5.76. The van der Waals surface area contributed by atoms with Gasteiger partial charge >= 0.3 is 6.03 Å². The van der Waals surface area contributed by atoms with E-state index >= 15 is 0 Å². The number of carbonyl (C=O) groups is 2. The quantitative estimate of drug-likeness (QED) is 0.791. The standard InChI is InChI=1S/C19H23N3O4/c1-22(12-14-9-10-15(25-2)11-16(14)26-3)17(18(23)21-19(20)24)13-7-5-4-6-8-13/h4-11,17H,12H2,1-3H3,(H3,20,21,23,24)/t17-/m0/s1. The maximum absolute atomic E-state index is 12.5. The van der Waals surface area contributed by atoms with Crippen molar-refractivity contribution < 1.29 is 19.1 Å². The van der Waals surface area contributed by atoms with Gasteiger partial charge in [0.25, 0.3) is 0 Å². The highest BCUT2D eigenvalue weighted by molar-refractivity contribution is 5.96. The Balaban J connectivity index is 2.31. The second-order valence-corrected chi connectivity index (χ2v) is 5.76. The highest BCUT2D eigenvalue weighted by Crippen LogP contribution is 2.28. The number of primary amides is 1. The first-order valence-electron chi connectivity index (χ1n) is 8.02. The van der Waals surface area contributed by atoms with Crippen molar-refractivity contribution in [2.75, 3.05) is 21.3 Å². The second kappa shape index (κ2) is 8.87. The number of urea groups is 1. The summed E-state index contributed by atoms with van der Waals surface area (Å²) in [6.45, 7) is 0.416. The summed E-state index contributed by atoms with van der Waals surface area (Å²) in [4.78, 5) is 25.5. The highest BCUT2D eigenvalue weighted by Gasteiger charge is 2.26. The number of hydrogen-bond acceptors (Lipinski definition) is 5. The molecule has 0 spiro atoms. The average molecular weight is 357 g/mol. The SMILES string of the molecule is COc1ccc(CN(C)[C@H](C(=O)NC(N)=O)c2ccccc2)c(OC)c1. The predicted molar refractivity (Wildman–Crippen MR) is 97.9 cm³/mol. The molecule has 0 saturated heterocycles. The van der Waals surface area contributed by atoms with E-state index in [2.05, 4.69) is 5.32 Å². The van der Waals surface area contributed by atoms with Crippen LogP contribution in [0.2, 0.25) is 0 Å². The fourth-order valence-electron chi connectivity index (χ4n) is 2.77. The molecule has 0 unspecified atom stereocenters. The molecule has 0 aromatic heterocycles. The first-order valence-corrected chi connectivity index (χ1v) is 8.02. The summed E-state index contributed by atoms with van der Waals surface area (Å²) in [7, 11) is 4.95. The third-order valence-corrected chi connectivity index (χ3v) is 3.96. The van der Waals surface area contributed by atoms with Gasteiger partial charge in [-0.3, -0.25) is 15.0 Å². The molecule has 0 saturated carbocycles. The molecular formula is C19H23N3O4. The molecule has 3 N–H and O–H groups in total. The van der Waals surface area contributed by atoms with Crippen molar-refractivity contribution in [2.45, 2.75) is 12.6 Å². The first kappa shape index (κ1) is 19.3. The minimum absolute atomic E-state index is 0.416. The van der Waals surface area contributed by atoms with E-state index in [1.807, 2.05) is 47.4 Å². The van der Waals surface area contributed by atoms with E-state index < -0.39 is 18.0 Å². The van der Waals surface area contributed by atoms with Crippen LogP contribution in [0, 0.1) is 0 Å². The Labute approximate surface area is 152 Å². The van der Waals surface area contributed by atoms with Crippen LogP contribution in [-0.2, 0) is 11.3 Å². The third-order valence-electron chi connectivity index (χ3n) is 3.96. The molecular weight excluding hydrogens is 334 g/mol. The largest absolute Gasteiger partial charge is 0.497 e. The van der Waals surface area contributed by atoms with E-state index in [1.165, 1.54) is 0 Å². The third kappa shape index (κ3) is 4.73. The summed E-state index contributed by atoms with van der Waals surface area (Å²) in [6.07, 6.45) is 0. The Morgan fingerprint density at radius 2 is 1.81 bits per heavy atom. The lowest BCUT2D eigenvalue weighted by molar-refractivity contribution is -0.125. The maximum atomic E-state index is 12.5. The van der Waals surface area contributed by atoms with Crippen molar-refractivity contribution in [3.63, 3.8) is 0 Å². The fourth-order valence-corrected chi connectivity index (χ4v) is 2.77. The Kier molecular flexibility index (Phi) is 6.57. The molecule has 7 nitrogen and oxygen atoms in total. The monoisotopic (exact) mass is 357 g/mol. The van der Waals surface area contributed by atoms with Gasteiger partial charge in [0.15, 0.2) is 0 Å². The lowest BCUT2D eigenvalue weighted by Crippen LogP contribution is -2.43. The zero-order valence-corrected chi connectivity index (χ0v) is 15.1. The average Bonchev–Trinajstić information content (AvgIpc) is 2.62. The number of nitrogens with one attached hydrogen (secondary N) is 1. The molecule has 2 rings (SSSR count). The number of nitrogens with zero attached hydrogens (tertiary/aromatic N) is 1. The molecule has 2 aromatic carbocycles. The zero-order valence-electron chi connectivity index (χ0n) is 15.1. The minimum atomic E-state index is -0.883. The van der Waals surface area contributed by atoms with Gasteiger partial charge in [-0.15, -0.1) is 0 Å². The predicted octanol–water partition coefficient (Wildman–Crippen LogP) is 2.07. The van der Waals surface area contributed by atoms with Gasteiger partial charge in [0.2, 0.25) is 5.91 Å². The van der Waals surface area contributed by atoms with Crippen molar-refractivity contribution in [1.82, 2.24) is 10.2 Å². The summed E-state index contributed by atoms with van der Waals surface area (Å²) in [5, 5.41) is 2.16. The van der Waals surface area contributed by atoms with Crippen molar-refractivity contribution in [1.29, 1.82) is 0 Å². The number of amides is 3. The molecule has 3 amide bonds. The van der Waals surface area contributed by atoms with Crippen LogP contribution in [0.5, 0.6) is 11.5 Å². The van der Waals surface area contributed by atoms with Gasteiger partial charge in [-0.2, -0.15) is 0 Å². The number of ether oxygens (including phenoxy) is 2. The van der Waals surface area contributed by atoms with Crippen LogP contribution in [0.3, 0.4) is 0 Å². The van der Waals surface area contributed by atoms with E-state index in [1.54, 1.807) is 27.3 Å². The smallest absolute Gasteiger partial charge is 0.318 e. The molecule has 1 atom stereocenters. The Hall–Kier alpha value is -3.06. The minimum Gasteiger partial charge on any atom is -0.497 e. The van der Waals surface area contributed by atoms with E-state index in [9.17, 15) is 9.59 Å². The molecule has 0 aliphatic heterocycles. The van der Waals surface area contributed by atoms with Crippen molar-refractivity contribution in [3.05, 3.63) is 59.7 Å². The van der Waals surface area contributed by atoms with Gasteiger partial charge in [0, 0.05) is 18.2 Å². The van der Waals surface area contributed by atoms with Crippen LogP contribution in [0.25, 0.3) is 0 Å². The van der Waals surface area contributed by atoms with Gasteiger partial charge in [-0.1, -0.05) is 36.4 Å². The van der Waals surface area contributed by atoms with Crippen molar-refractivity contribution in [3.8, 4) is 11.5 Å². The van der Waals surface area contributed by atoms with Crippen molar-refractivity contribution >= 4 is 11.9 Å². The van der Waals surface area contributed by atoms with Gasteiger partial charge in [0.05, 0.1) is 14.2 Å². The molecule has 2 aromatic rings. The molecule has 0 radical (unpaired) electrons. The molecule has 7 heteroatoms. The van der Waals surface area contributed by atoms with Crippen LogP contribution in [0.15, 0.2) is 48.5 Å². The fraction of sp³-hybridized carbons (Fsp3) is 0.263. The lowest BCUT2D eigenvalue weighted by atomic mass is 10.0. The summed E-state index contributed by atoms with van der Waals surface area (Å²) < 4.78 is 10.6. The molecule has 138 valence electrons. The molecule has 0 bridgehead atoms. The van der Waals surface area contributed by atoms with Crippen LogP contribution in [0.1, 0.15) is 17.2 Å². The van der Waals surface area contributed by atoms with Gasteiger partial charge in [0.1, 0.15) is 17.5 Å². The molecule has 0 heterocycles. The van der Waals surface area contributed by atoms with E-state index in [4.69, 9.17) is 15.2 Å². The number of benzene rings is 2. The number of likely N-dealkylation sites (N-methyl/N-ethyl adjacent to an activating group) is 1. The summed E-state index contributed by atoms with van der Waals surface area (Å²) in [6, 6.07) is 13.1. The molecule has 0 aliphatic rings. The van der Waals surface area contributed by atoms with Gasteiger partial charge in [-0.25, -0.2) is 4.79 Å². The Morgan fingerprint density at radius 1 is 1.12 bits per heavy atom. The maximum Gasteiger partial charge on any atom is 0.318 e. The first-order chi connectivity index (χ1) is 12.5. The normalized spacial score (nSPS) is 11.7. The Morgan fingerprint density at radius 3 is 2.38 bits per heavy atom.